The maximum absolute atomic E-state index is 12.4. The molecule has 1 aromatic rings. The highest BCUT2D eigenvalue weighted by Crippen LogP contribution is 2.15. The summed E-state index contributed by atoms with van der Waals surface area (Å²) in [7, 11) is 2.08. The molecular weight excluding hydrogens is 300 g/mol. The van der Waals surface area contributed by atoms with Crippen LogP contribution in [0.15, 0.2) is 24.3 Å². The predicted octanol–water partition coefficient (Wildman–Crippen LogP) is 2.35. The fourth-order valence-corrected chi connectivity index (χ4v) is 2.90. The molecule has 0 aliphatic carbocycles. The van der Waals surface area contributed by atoms with Gasteiger partial charge in [0.25, 0.3) is 0 Å². The summed E-state index contributed by atoms with van der Waals surface area (Å²) in [5.74, 6) is -0.0356. The van der Waals surface area contributed by atoms with Gasteiger partial charge in [-0.1, -0.05) is 30.7 Å². The van der Waals surface area contributed by atoms with Crippen LogP contribution in [0.4, 0.5) is 0 Å². The van der Waals surface area contributed by atoms with Gasteiger partial charge in [0.05, 0.1) is 18.8 Å². The van der Waals surface area contributed by atoms with Crippen LogP contribution in [-0.2, 0) is 16.0 Å². The standard InChI is InChI=1S/C17H25ClN2O2/c1-12(9-14-5-4-6-15(18)10-14)17(21)19-13(2)16-11-20(3)7-8-22-16/h4-6,10,12-13,16H,7-9,11H2,1-3H3,(H,19,21)/t12-,13+,16-/m1/s1. The van der Waals surface area contributed by atoms with Gasteiger partial charge in [-0.05, 0) is 38.1 Å². The van der Waals surface area contributed by atoms with Gasteiger partial charge in [0, 0.05) is 24.0 Å². The number of hydrogen-bond acceptors (Lipinski definition) is 3. The van der Waals surface area contributed by atoms with Crippen LogP contribution in [0.25, 0.3) is 0 Å². The summed E-state index contributed by atoms with van der Waals surface area (Å²) in [6.45, 7) is 6.47. The Balaban J connectivity index is 1.85. The zero-order valence-electron chi connectivity index (χ0n) is 13.5. The van der Waals surface area contributed by atoms with Gasteiger partial charge in [0.15, 0.2) is 0 Å². The lowest BCUT2D eigenvalue weighted by Crippen LogP contribution is -2.52. The number of rotatable bonds is 5. The second kappa shape index (κ2) is 7.95. The summed E-state index contributed by atoms with van der Waals surface area (Å²) in [6.07, 6.45) is 0.742. The van der Waals surface area contributed by atoms with Crippen molar-refractivity contribution in [3.05, 3.63) is 34.9 Å². The van der Waals surface area contributed by atoms with E-state index < -0.39 is 0 Å². The van der Waals surface area contributed by atoms with Crippen LogP contribution in [-0.4, -0.2) is 49.7 Å². The van der Waals surface area contributed by atoms with Crippen molar-refractivity contribution in [2.24, 2.45) is 5.92 Å². The first kappa shape index (κ1) is 17.3. The molecule has 2 rings (SSSR count). The van der Waals surface area contributed by atoms with Gasteiger partial charge in [-0.25, -0.2) is 0 Å². The molecule has 0 bridgehead atoms. The van der Waals surface area contributed by atoms with Gasteiger partial charge in [-0.15, -0.1) is 0 Å². The Bertz CT molecular complexity index is 509. The van der Waals surface area contributed by atoms with Crippen molar-refractivity contribution in [3.8, 4) is 0 Å². The molecule has 1 heterocycles. The van der Waals surface area contributed by atoms with E-state index >= 15 is 0 Å². The zero-order valence-corrected chi connectivity index (χ0v) is 14.3. The summed E-state index contributed by atoms with van der Waals surface area (Å²) < 4.78 is 5.75. The normalized spacial score (nSPS) is 22.1. The number of nitrogens with one attached hydrogen (secondary N) is 1. The summed E-state index contributed by atoms with van der Waals surface area (Å²) in [5, 5.41) is 3.79. The molecule has 1 aliphatic heterocycles. The van der Waals surface area contributed by atoms with Crippen LogP contribution >= 0.6 is 11.6 Å². The van der Waals surface area contributed by atoms with E-state index in [4.69, 9.17) is 16.3 Å². The molecule has 0 unspecified atom stereocenters. The molecule has 5 heteroatoms. The van der Waals surface area contributed by atoms with E-state index in [-0.39, 0.29) is 24.0 Å². The smallest absolute Gasteiger partial charge is 0.223 e. The SMILES string of the molecule is C[C@H](Cc1cccc(Cl)c1)C(=O)N[C@@H](C)[C@H]1CN(C)CCO1. The summed E-state index contributed by atoms with van der Waals surface area (Å²) in [5.41, 5.74) is 1.08. The van der Waals surface area contributed by atoms with E-state index in [1.165, 1.54) is 0 Å². The average Bonchev–Trinajstić information content (AvgIpc) is 2.47. The number of benzene rings is 1. The van der Waals surface area contributed by atoms with Crippen molar-refractivity contribution in [3.63, 3.8) is 0 Å². The molecule has 0 radical (unpaired) electrons. The Hall–Kier alpha value is -1.10. The van der Waals surface area contributed by atoms with Gasteiger partial charge in [0.1, 0.15) is 0 Å². The Kier molecular flexibility index (Phi) is 6.24. The summed E-state index contributed by atoms with van der Waals surface area (Å²) in [6, 6.07) is 7.68. The van der Waals surface area contributed by atoms with Crippen LogP contribution in [0.5, 0.6) is 0 Å². The average molecular weight is 325 g/mol. The third-order valence-corrected chi connectivity index (χ3v) is 4.34. The lowest BCUT2D eigenvalue weighted by atomic mass is 9.99. The summed E-state index contributed by atoms with van der Waals surface area (Å²) in [4.78, 5) is 14.6. The highest BCUT2D eigenvalue weighted by molar-refractivity contribution is 6.30. The van der Waals surface area contributed by atoms with Crippen LogP contribution < -0.4 is 5.32 Å². The third-order valence-electron chi connectivity index (χ3n) is 4.10. The number of likely N-dealkylation sites (N-methyl/N-ethyl adjacent to an activating group) is 1. The molecule has 1 saturated heterocycles. The van der Waals surface area contributed by atoms with Crippen LogP contribution in [0.1, 0.15) is 19.4 Å². The minimum atomic E-state index is -0.0952. The van der Waals surface area contributed by atoms with Crippen molar-refractivity contribution in [2.75, 3.05) is 26.7 Å². The fourth-order valence-electron chi connectivity index (χ4n) is 2.68. The first-order chi connectivity index (χ1) is 10.5. The van der Waals surface area contributed by atoms with Crippen LogP contribution in [0.3, 0.4) is 0 Å². The third kappa shape index (κ3) is 4.97. The first-order valence-corrected chi connectivity index (χ1v) is 8.18. The predicted molar refractivity (Wildman–Crippen MR) is 89.2 cm³/mol. The van der Waals surface area contributed by atoms with E-state index in [9.17, 15) is 4.79 Å². The molecule has 1 aliphatic rings. The second-order valence-electron chi connectivity index (χ2n) is 6.20. The molecule has 0 spiro atoms. The molecule has 4 nitrogen and oxygen atoms in total. The topological polar surface area (TPSA) is 41.6 Å². The number of amides is 1. The van der Waals surface area contributed by atoms with Crippen molar-refractivity contribution < 1.29 is 9.53 Å². The van der Waals surface area contributed by atoms with Crippen molar-refractivity contribution in [1.82, 2.24) is 10.2 Å². The second-order valence-corrected chi connectivity index (χ2v) is 6.64. The highest BCUT2D eigenvalue weighted by Gasteiger charge is 2.26. The van der Waals surface area contributed by atoms with E-state index in [1.54, 1.807) is 0 Å². The number of hydrogen-bond donors (Lipinski definition) is 1. The molecule has 0 aromatic heterocycles. The number of ether oxygens (including phenoxy) is 1. The fraction of sp³-hybridized carbons (Fsp3) is 0.588. The van der Waals surface area contributed by atoms with Crippen molar-refractivity contribution in [1.29, 1.82) is 0 Å². The maximum atomic E-state index is 12.4. The maximum Gasteiger partial charge on any atom is 0.223 e. The lowest BCUT2D eigenvalue weighted by molar-refractivity contribution is -0.127. The van der Waals surface area contributed by atoms with Crippen molar-refractivity contribution >= 4 is 17.5 Å². The monoisotopic (exact) mass is 324 g/mol. The largest absolute Gasteiger partial charge is 0.373 e. The number of halogens is 1. The van der Waals surface area contributed by atoms with Crippen LogP contribution in [0, 0.1) is 5.92 Å². The first-order valence-electron chi connectivity index (χ1n) is 7.80. The van der Waals surface area contributed by atoms with Gasteiger partial charge < -0.3 is 15.0 Å². The van der Waals surface area contributed by atoms with Gasteiger partial charge in [-0.2, -0.15) is 0 Å². The van der Waals surface area contributed by atoms with E-state index in [0.29, 0.717) is 11.4 Å². The molecule has 1 fully saturated rings. The number of carbonyl (C=O) groups is 1. The minimum Gasteiger partial charge on any atom is -0.373 e. The zero-order chi connectivity index (χ0) is 16.1. The molecule has 3 atom stereocenters. The molecule has 1 aromatic carbocycles. The quantitative estimate of drug-likeness (QED) is 0.904. The Labute approximate surface area is 137 Å². The minimum absolute atomic E-state index is 0.0112. The lowest BCUT2D eigenvalue weighted by Gasteiger charge is -2.34. The molecular formula is C17H25ClN2O2. The Morgan fingerprint density at radius 3 is 2.95 bits per heavy atom. The summed E-state index contributed by atoms with van der Waals surface area (Å²) >= 11 is 5.99. The van der Waals surface area contributed by atoms with E-state index in [0.717, 1.165) is 25.3 Å². The molecule has 122 valence electrons. The highest BCUT2D eigenvalue weighted by atomic mass is 35.5. The Morgan fingerprint density at radius 2 is 2.27 bits per heavy atom. The molecule has 1 amide bonds. The number of morpholine rings is 1. The van der Waals surface area contributed by atoms with E-state index in [2.05, 4.69) is 17.3 Å². The van der Waals surface area contributed by atoms with Crippen LogP contribution in [0.2, 0.25) is 5.02 Å². The number of nitrogens with zero attached hydrogens (tertiary/aromatic N) is 1. The van der Waals surface area contributed by atoms with Crippen molar-refractivity contribution in [2.45, 2.75) is 32.4 Å². The molecule has 1 N–H and O–H groups in total. The number of carbonyl (C=O) groups excluding carboxylic acids is 1. The van der Waals surface area contributed by atoms with Gasteiger partial charge in [0.2, 0.25) is 5.91 Å². The van der Waals surface area contributed by atoms with Gasteiger partial charge >= 0.3 is 0 Å². The Morgan fingerprint density at radius 1 is 1.50 bits per heavy atom. The molecule has 0 saturated carbocycles. The van der Waals surface area contributed by atoms with Gasteiger partial charge in [-0.3, -0.25) is 4.79 Å². The van der Waals surface area contributed by atoms with E-state index in [1.807, 2.05) is 38.1 Å². The molecule has 22 heavy (non-hydrogen) atoms.